The van der Waals surface area contributed by atoms with E-state index in [-0.39, 0.29) is 16.2 Å². The number of aliphatic hydroxyl groups is 1. The summed E-state index contributed by atoms with van der Waals surface area (Å²) in [6.07, 6.45) is 4.44. The minimum absolute atomic E-state index is 0.0313. The van der Waals surface area contributed by atoms with Gasteiger partial charge in [0, 0.05) is 23.3 Å². The van der Waals surface area contributed by atoms with Gasteiger partial charge in [-0.25, -0.2) is 13.1 Å². The monoisotopic (exact) mass is 325 g/mol. The van der Waals surface area contributed by atoms with Gasteiger partial charge in [0.25, 0.3) is 0 Å². The fourth-order valence-electron chi connectivity index (χ4n) is 1.91. The second kappa shape index (κ2) is 6.84. The quantitative estimate of drug-likeness (QED) is 0.780. The van der Waals surface area contributed by atoms with Crippen molar-refractivity contribution in [1.82, 2.24) is 4.72 Å². The minimum Gasteiger partial charge on any atom is -0.395 e. The zero-order chi connectivity index (χ0) is 15.3. The zero-order valence-corrected chi connectivity index (χ0v) is 13.6. The smallest absolute Gasteiger partial charge is 0.241 e. The molecule has 1 aromatic rings. The molecule has 0 atom stereocenters. The first-order chi connectivity index (χ1) is 10.0. The van der Waals surface area contributed by atoms with Gasteiger partial charge in [0.05, 0.1) is 11.5 Å². The molecule has 2 N–H and O–H groups in total. The number of hydrogen-bond donors (Lipinski definition) is 2. The molecule has 0 unspecified atom stereocenters. The van der Waals surface area contributed by atoms with Crippen LogP contribution in [0.25, 0.3) is 0 Å². The zero-order valence-electron chi connectivity index (χ0n) is 11.9. The van der Waals surface area contributed by atoms with Crippen molar-refractivity contribution in [2.75, 3.05) is 19.4 Å². The van der Waals surface area contributed by atoms with Crippen LogP contribution in [0.2, 0.25) is 0 Å². The van der Waals surface area contributed by atoms with Gasteiger partial charge in [-0.1, -0.05) is 24.0 Å². The molecule has 0 saturated heterocycles. The molecule has 0 spiro atoms. The largest absolute Gasteiger partial charge is 0.395 e. The molecular formula is C15H19NO3S2. The van der Waals surface area contributed by atoms with Gasteiger partial charge in [0.1, 0.15) is 0 Å². The molecule has 6 heteroatoms. The third-order valence-corrected chi connectivity index (χ3v) is 6.34. The first-order valence-corrected chi connectivity index (χ1v) is 9.47. The first-order valence-electron chi connectivity index (χ1n) is 6.77. The first kappa shape index (κ1) is 16.4. The van der Waals surface area contributed by atoms with Crippen LogP contribution in [0.5, 0.6) is 0 Å². The number of rotatable bonds is 6. The van der Waals surface area contributed by atoms with Crippen LogP contribution in [-0.2, 0) is 10.0 Å². The second-order valence-corrected chi connectivity index (χ2v) is 7.99. The lowest BCUT2D eigenvalue weighted by Crippen LogP contribution is -2.32. The summed E-state index contributed by atoms with van der Waals surface area (Å²) < 4.78 is 27.6. The van der Waals surface area contributed by atoms with Crippen LogP contribution < -0.4 is 4.72 Å². The fourth-order valence-corrected chi connectivity index (χ4v) is 4.02. The summed E-state index contributed by atoms with van der Waals surface area (Å²) >= 11 is 1.71. The fraction of sp³-hybridized carbons (Fsp3) is 0.467. The number of benzene rings is 1. The second-order valence-electron chi connectivity index (χ2n) is 4.98. The van der Waals surface area contributed by atoms with Gasteiger partial charge in [-0.2, -0.15) is 11.8 Å². The number of aliphatic hydroxyl groups excluding tert-OH is 1. The van der Waals surface area contributed by atoms with E-state index in [0.717, 1.165) is 12.8 Å². The lowest BCUT2D eigenvalue weighted by Gasteiger charge is -2.14. The Bertz CT molecular complexity index is 655. The summed E-state index contributed by atoms with van der Waals surface area (Å²) in [5.41, 5.74) is 0.465. The predicted octanol–water partition coefficient (Wildman–Crippen LogP) is 1.59. The molecule has 0 amide bonds. The van der Waals surface area contributed by atoms with Crippen molar-refractivity contribution in [3.05, 3.63) is 29.8 Å². The summed E-state index contributed by atoms with van der Waals surface area (Å²) in [6, 6.07) is 6.68. The Morgan fingerprint density at radius 2 is 2.10 bits per heavy atom. The van der Waals surface area contributed by atoms with Crippen molar-refractivity contribution in [3.63, 3.8) is 0 Å². The maximum absolute atomic E-state index is 12.4. The Morgan fingerprint density at radius 1 is 1.38 bits per heavy atom. The van der Waals surface area contributed by atoms with E-state index in [1.54, 1.807) is 36.0 Å². The third kappa shape index (κ3) is 4.24. The topological polar surface area (TPSA) is 66.4 Å². The van der Waals surface area contributed by atoms with E-state index in [2.05, 4.69) is 16.6 Å². The van der Waals surface area contributed by atoms with Gasteiger partial charge >= 0.3 is 0 Å². The highest BCUT2D eigenvalue weighted by Crippen LogP contribution is 2.46. The molecule has 0 aromatic heterocycles. The molecule has 0 radical (unpaired) electrons. The highest BCUT2D eigenvalue weighted by Gasteiger charge is 2.42. The Kier molecular flexibility index (Phi) is 5.33. The molecule has 1 aromatic carbocycles. The number of hydrogen-bond acceptors (Lipinski definition) is 4. The maximum Gasteiger partial charge on any atom is 0.241 e. The third-order valence-electron chi connectivity index (χ3n) is 3.46. The average Bonchev–Trinajstić information content (AvgIpc) is 3.27. The van der Waals surface area contributed by atoms with Crippen molar-refractivity contribution in [1.29, 1.82) is 0 Å². The van der Waals surface area contributed by atoms with Crippen LogP contribution in [0.4, 0.5) is 0 Å². The van der Waals surface area contributed by atoms with E-state index in [4.69, 9.17) is 5.11 Å². The van der Waals surface area contributed by atoms with E-state index < -0.39 is 10.0 Å². The molecule has 114 valence electrons. The van der Waals surface area contributed by atoms with E-state index in [9.17, 15) is 8.42 Å². The lowest BCUT2D eigenvalue weighted by molar-refractivity contribution is 0.305. The molecular weight excluding hydrogens is 306 g/mol. The van der Waals surface area contributed by atoms with Gasteiger partial charge in [0.2, 0.25) is 10.0 Å². The highest BCUT2D eigenvalue weighted by atomic mass is 32.2. The van der Waals surface area contributed by atoms with Crippen LogP contribution in [0.1, 0.15) is 24.8 Å². The molecule has 1 aliphatic carbocycles. The van der Waals surface area contributed by atoms with E-state index in [1.165, 1.54) is 0 Å². The predicted molar refractivity (Wildman–Crippen MR) is 85.7 cm³/mol. The van der Waals surface area contributed by atoms with Crippen molar-refractivity contribution in [3.8, 4) is 11.8 Å². The molecule has 2 rings (SSSR count). The van der Waals surface area contributed by atoms with Gasteiger partial charge < -0.3 is 5.11 Å². The van der Waals surface area contributed by atoms with E-state index in [1.807, 2.05) is 6.26 Å². The summed E-state index contributed by atoms with van der Waals surface area (Å²) in [5, 5.41) is 8.75. The van der Waals surface area contributed by atoms with Crippen LogP contribution in [-0.4, -0.2) is 37.7 Å². The Balaban J connectivity index is 2.18. The van der Waals surface area contributed by atoms with Crippen molar-refractivity contribution < 1.29 is 13.5 Å². The Hall–Kier alpha value is -1.00. The molecule has 1 aliphatic rings. The van der Waals surface area contributed by atoms with Crippen molar-refractivity contribution >= 4 is 21.8 Å². The van der Waals surface area contributed by atoms with Crippen LogP contribution in [0.15, 0.2) is 29.2 Å². The molecule has 1 saturated carbocycles. The Morgan fingerprint density at radius 3 is 2.71 bits per heavy atom. The normalized spacial score (nSPS) is 16.1. The van der Waals surface area contributed by atoms with Gasteiger partial charge in [-0.15, -0.1) is 0 Å². The molecule has 0 aliphatic heterocycles. The summed E-state index contributed by atoms with van der Waals surface area (Å²) in [4.78, 5) is 0.201. The molecule has 0 heterocycles. The van der Waals surface area contributed by atoms with E-state index in [0.29, 0.717) is 18.5 Å². The number of sulfonamides is 1. The van der Waals surface area contributed by atoms with Gasteiger partial charge in [-0.05, 0) is 31.2 Å². The van der Waals surface area contributed by atoms with Gasteiger partial charge in [0.15, 0.2) is 0 Å². The number of nitrogens with one attached hydrogen (secondary N) is 1. The Labute approximate surface area is 130 Å². The maximum atomic E-state index is 12.4. The summed E-state index contributed by atoms with van der Waals surface area (Å²) in [7, 11) is -3.56. The summed E-state index contributed by atoms with van der Waals surface area (Å²) in [6.45, 7) is 0.422. The highest BCUT2D eigenvalue weighted by molar-refractivity contribution is 8.00. The molecule has 0 bridgehead atoms. The standard InChI is InChI=1S/C15H19NO3S2/c1-20-15(9-10-15)12-16-21(18,19)14-8-3-2-6-13(14)7-4-5-11-17/h2-3,6,8,16-17H,5,9-12H2,1H3. The lowest BCUT2D eigenvalue weighted by atomic mass is 10.2. The van der Waals surface area contributed by atoms with Crippen LogP contribution >= 0.6 is 11.8 Å². The average molecular weight is 325 g/mol. The molecule has 21 heavy (non-hydrogen) atoms. The molecule has 1 fully saturated rings. The van der Waals surface area contributed by atoms with Gasteiger partial charge in [-0.3, -0.25) is 0 Å². The number of thioether (sulfide) groups is 1. The van der Waals surface area contributed by atoms with Crippen molar-refractivity contribution in [2.24, 2.45) is 0 Å². The summed E-state index contributed by atoms with van der Waals surface area (Å²) in [5.74, 6) is 5.58. The van der Waals surface area contributed by atoms with E-state index >= 15 is 0 Å². The SMILES string of the molecule is CSC1(CNS(=O)(=O)c2ccccc2C#CCCO)CC1. The van der Waals surface area contributed by atoms with Crippen molar-refractivity contribution in [2.45, 2.75) is 28.9 Å². The minimum atomic E-state index is -3.56. The molecule has 4 nitrogen and oxygen atoms in total. The van der Waals surface area contributed by atoms with Crippen LogP contribution in [0, 0.1) is 11.8 Å². The van der Waals surface area contributed by atoms with Crippen LogP contribution in [0.3, 0.4) is 0 Å².